The van der Waals surface area contributed by atoms with Gasteiger partial charge in [0.25, 0.3) is 0 Å². The maximum Gasteiger partial charge on any atom is 0.231 e. The Balaban J connectivity index is 1.39. The number of amides is 2. The molecule has 0 N–H and O–H groups in total. The van der Waals surface area contributed by atoms with Gasteiger partial charge in [-0.1, -0.05) is 12.1 Å². The zero-order valence-electron chi connectivity index (χ0n) is 14.7. The fraction of sp³-hybridized carbons (Fsp3) is 0.400. The molecule has 6 heteroatoms. The average molecular weight is 350 g/mol. The normalized spacial score (nSPS) is 22.4. The summed E-state index contributed by atoms with van der Waals surface area (Å²) in [4.78, 5) is 37.7. The highest BCUT2D eigenvalue weighted by Crippen LogP contribution is 2.41. The number of rotatable bonds is 4. The lowest BCUT2D eigenvalue weighted by Crippen LogP contribution is -2.38. The van der Waals surface area contributed by atoms with Crippen molar-refractivity contribution < 1.29 is 9.59 Å². The number of carbonyl (C=O) groups excluding carboxylic acids is 2. The van der Waals surface area contributed by atoms with Gasteiger partial charge in [-0.2, -0.15) is 0 Å². The van der Waals surface area contributed by atoms with Crippen LogP contribution in [-0.4, -0.2) is 51.2 Å². The van der Waals surface area contributed by atoms with Crippen molar-refractivity contribution in [1.29, 1.82) is 0 Å². The van der Waals surface area contributed by atoms with E-state index in [1.165, 1.54) is 0 Å². The van der Waals surface area contributed by atoms with Crippen molar-refractivity contribution in [3.63, 3.8) is 0 Å². The first kappa shape index (κ1) is 16.7. The molecule has 0 aromatic carbocycles. The van der Waals surface area contributed by atoms with E-state index in [0.717, 1.165) is 30.6 Å². The minimum absolute atomic E-state index is 0.0547. The van der Waals surface area contributed by atoms with E-state index in [1.807, 2.05) is 40.1 Å². The molecule has 0 bridgehead atoms. The van der Waals surface area contributed by atoms with Gasteiger partial charge < -0.3 is 9.80 Å². The van der Waals surface area contributed by atoms with Gasteiger partial charge in [-0.3, -0.25) is 19.6 Å². The molecule has 2 aliphatic heterocycles. The Hall–Kier alpha value is -2.76. The average Bonchev–Trinajstić information content (AvgIpc) is 3.24. The number of nitrogens with zero attached hydrogens (tertiary/aromatic N) is 4. The smallest absolute Gasteiger partial charge is 0.231 e. The molecule has 134 valence electrons. The van der Waals surface area contributed by atoms with E-state index in [-0.39, 0.29) is 11.8 Å². The van der Waals surface area contributed by atoms with Crippen LogP contribution in [0, 0.1) is 5.41 Å². The third-order valence-corrected chi connectivity index (χ3v) is 5.46. The second-order valence-corrected chi connectivity index (χ2v) is 7.18. The van der Waals surface area contributed by atoms with E-state index >= 15 is 0 Å². The summed E-state index contributed by atoms with van der Waals surface area (Å²) in [6, 6.07) is 9.46. The summed E-state index contributed by atoms with van der Waals surface area (Å²) < 4.78 is 0. The molecule has 2 aliphatic rings. The molecule has 0 radical (unpaired) electrons. The Morgan fingerprint density at radius 2 is 2.00 bits per heavy atom. The van der Waals surface area contributed by atoms with Crippen molar-refractivity contribution in [1.82, 2.24) is 19.8 Å². The third-order valence-electron chi connectivity index (χ3n) is 5.46. The van der Waals surface area contributed by atoms with E-state index in [4.69, 9.17) is 0 Å². The molecule has 2 saturated heterocycles. The van der Waals surface area contributed by atoms with Crippen LogP contribution in [0.2, 0.25) is 0 Å². The molecule has 2 aromatic rings. The second-order valence-electron chi connectivity index (χ2n) is 7.18. The van der Waals surface area contributed by atoms with Gasteiger partial charge in [-0.15, -0.1) is 0 Å². The SMILES string of the molecule is O=C(Cc1ccccn1)N1CCC2(CCN(Cc3cccnc3)C2=O)C1. The van der Waals surface area contributed by atoms with Crippen LogP contribution < -0.4 is 0 Å². The number of likely N-dealkylation sites (tertiary alicyclic amines) is 2. The summed E-state index contributed by atoms with van der Waals surface area (Å²) in [6.07, 6.45) is 7.10. The number of carbonyl (C=O) groups is 2. The quantitative estimate of drug-likeness (QED) is 0.841. The van der Waals surface area contributed by atoms with Crippen LogP contribution in [0.3, 0.4) is 0 Å². The molecule has 4 rings (SSSR count). The molecule has 0 saturated carbocycles. The van der Waals surface area contributed by atoms with Gasteiger partial charge in [0.1, 0.15) is 0 Å². The van der Waals surface area contributed by atoms with Crippen molar-refractivity contribution in [2.75, 3.05) is 19.6 Å². The van der Waals surface area contributed by atoms with Crippen molar-refractivity contribution in [2.45, 2.75) is 25.8 Å². The van der Waals surface area contributed by atoms with Crippen LogP contribution in [0.25, 0.3) is 0 Å². The fourth-order valence-corrected chi connectivity index (χ4v) is 3.99. The zero-order valence-corrected chi connectivity index (χ0v) is 14.7. The van der Waals surface area contributed by atoms with Crippen LogP contribution >= 0.6 is 0 Å². The summed E-state index contributed by atoms with van der Waals surface area (Å²) in [5.41, 5.74) is 1.41. The summed E-state index contributed by atoms with van der Waals surface area (Å²) in [7, 11) is 0. The molecular formula is C20H22N4O2. The summed E-state index contributed by atoms with van der Waals surface area (Å²) in [6.45, 7) is 2.52. The predicted octanol–water partition coefficient (Wildman–Crippen LogP) is 1.67. The van der Waals surface area contributed by atoms with Gasteiger partial charge in [0.15, 0.2) is 0 Å². The van der Waals surface area contributed by atoms with Gasteiger partial charge in [0.2, 0.25) is 11.8 Å². The highest BCUT2D eigenvalue weighted by molar-refractivity contribution is 5.87. The summed E-state index contributed by atoms with van der Waals surface area (Å²) >= 11 is 0. The molecule has 2 fully saturated rings. The Labute approximate surface area is 152 Å². The van der Waals surface area contributed by atoms with Gasteiger partial charge in [-0.05, 0) is 36.6 Å². The first-order valence-electron chi connectivity index (χ1n) is 9.02. The first-order chi connectivity index (χ1) is 12.7. The first-order valence-corrected chi connectivity index (χ1v) is 9.02. The van der Waals surface area contributed by atoms with Gasteiger partial charge in [0, 0.05) is 50.5 Å². The molecule has 1 atom stereocenters. The van der Waals surface area contributed by atoms with E-state index in [2.05, 4.69) is 9.97 Å². The number of pyridine rings is 2. The van der Waals surface area contributed by atoms with Crippen molar-refractivity contribution >= 4 is 11.8 Å². The van der Waals surface area contributed by atoms with E-state index in [9.17, 15) is 9.59 Å². The predicted molar refractivity (Wildman–Crippen MR) is 95.8 cm³/mol. The largest absolute Gasteiger partial charge is 0.341 e. The van der Waals surface area contributed by atoms with Crippen molar-refractivity contribution in [3.05, 3.63) is 60.2 Å². The Kier molecular flexibility index (Phi) is 4.41. The maximum absolute atomic E-state index is 13.0. The molecule has 6 nitrogen and oxygen atoms in total. The summed E-state index contributed by atoms with van der Waals surface area (Å²) in [5, 5.41) is 0. The van der Waals surface area contributed by atoms with Crippen LogP contribution in [0.15, 0.2) is 48.9 Å². The Bertz CT molecular complexity index is 796. The van der Waals surface area contributed by atoms with Crippen LogP contribution in [-0.2, 0) is 22.6 Å². The molecule has 2 aromatic heterocycles. The third kappa shape index (κ3) is 3.19. The summed E-state index contributed by atoms with van der Waals surface area (Å²) in [5.74, 6) is 0.230. The van der Waals surface area contributed by atoms with Crippen molar-refractivity contribution in [2.24, 2.45) is 5.41 Å². The molecule has 4 heterocycles. The number of hydrogen-bond acceptors (Lipinski definition) is 4. The molecule has 1 unspecified atom stereocenters. The Morgan fingerprint density at radius 1 is 1.12 bits per heavy atom. The van der Waals surface area contributed by atoms with Crippen LogP contribution in [0.1, 0.15) is 24.1 Å². The lowest BCUT2D eigenvalue weighted by atomic mass is 9.85. The molecule has 2 amide bonds. The highest BCUT2D eigenvalue weighted by atomic mass is 16.2. The molecule has 26 heavy (non-hydrogen) atoms. The van der Waals surface area contributed by atoms with Gasteiger partial charge >= 0.3 is 0 Å². The van der Waals surface area contributed by atoms with E-state index in [1.54, 1.807) is 18.6 Å². The molecular weight excluding hydrogens is 328 g/mol. The topological polar surface area (TPSA) is 66.4 Å². The minimum atomic E-state index is -0.401. The van der Waals surface area contributed by atoms with Crippen LogP contribution in [0.5, 0.6) is 0 Å². The van der Waals surface area contributed by atoms with E-state index in [0.29, 0.717) is 26.1 Å². The monoisotopic (exact) mass is 350 g/mol. The lowest BCUT2D eigenvalue weighted by Gasteiger charge is -2.23. The number of hydrogen-bond donors (Lipinski definition) is 0. The molecule has 1 spiro atoms. The highest BCUT2D eigenvalue weighted by Gasteiger charge is 2.51. The molecule has 0 aliphatic carbocycles. The van der Waals surface area contributed by atoms with Crippen LogP contribution in [0.4, 0.5) is 0 Å². The van der Waals surface area contributed by atoms with Gasteiger partial charge in [-0.25, -0.2) is 0 Å². The standard InChI is InChI=1S/C20H22N4O2/c25-18(12-17-5-1-2-9-22-17)24-11-7-20(15-24)6-10-23(19(20)26)14-16-4-3-8-21-13-16/h1-5,8-9,13H,6-7,10-12,14-15H2. The second kappa shape index (κ2) is 6.86. The van der Waals surface area contributed by atoms with E-state index < -0.39 is 5.41 Å². The fourth-order valence-electron chi connectivity index (χ4n) is 3.99. The van der Waals surface area contributed by atoms with Gasteiger partial charge in [0.05, 0.1) is 11.8 Å². The Morgan fingerprint density at radius 3 is 2.77 bits per heavy atom. The number of aromatic nitrogens is 2. The maximum atomic E-state index is 13.0. The lowest BCUT2D eigenvalue weighted by molar-refractivity contribution is -0.136. The zero-order chi connectivity index (χ0) is 18.0. The van der Waals surface area contributed by atoms with Crippen molar-refractivity contribution in [3.8, 4) is 0 Å². The minimum Gasteiger partial charge on any atom is -0.341 e.